The molecule has 1 heterocycles. The van der Waals surface area contributed by atoms with Crippen molar-refractivity contribution in [2.45, 2.75) is 57.1 Å². The lowest BCUT2D eigenvalue weighted by Gasteiger charge is -2.32. The molecule has 1 atom stereocenters. The van der Waals surface area contributed by atoms with Crippen LogP contribution in [0.1, 0.15) is 45.4 Å². The van der Waals surface area contributed by atoms with Crippen LogP contribution in [-0.4, -0.2) is 44.3 Å². The summed E-state index contributed by atoms with van der Waals surface area (Å²) in [7, 11) is 1.99. The molecule has 116 valence electrons. The smallest absolute Gasteiger partial charge is 0.190 e. The van der Waals surface area contributed by atoms with Crippen LogP contribution in [0, 0.1) is 6.92 Å². The summed E-state index contributed by atoms with van der Waals surface area (Å²) in [5.74, 6) is 1.94. The Morgan fingerprint density at radius 1 is 1.35 bits per heavy atom. The molecule has 6 heteroatoms. The molecule has 0 aliphatic carbocycles. The highest BCUT2D eigenvalue weighted by Crippen LogP contribution is 2.22. The predicted molar refractivity (Wildman–Crippen MR) is 84.1 cm³/mol. The Kier molecular flexibility index (Phi) is 7.55. The number of aliphatic hydroxyl groups is 1. The van der Waals surface area contributed by atoms with Crippen molar-refractivity contribution in [2.24, 2.45) is 7.05 Å². The summed E-state index contributed by atoms with van der Waals surface area (Å²) in [6, 6.07) is 0. The summed E-state index contributed by atoms with van der Waals surface area (Å²) in [6.45, 7) is 7.41. The van der Waals surface area contributed by atoms with Crippen LogP contribution in [0.4, 0.5) is 0 Å². The number of nitrogens with one attached hydrogen (secondary N) is 1. The number of hydrogen-bond acceptors (Lipinski definition) is 5. The highest BCUT2D eigenvalue weighted by atomic mass is 32.2. The minimum Gasteiger partial charge on any atom is -0.394 e. The van der Waals surface area contributed by atoms with E-state index < -0.39 is 0 Å². The number of hydrogen-bond donors (Lipinski definition) is 2. The van der Waals surface area contributed by atoms with Gasteiger partial charge in [-0.25, -0.2) is 0 Å². The van der Waals surface area contributed by atoms with Crippen molar-refractivity contribution in [3.05, 3.63) is 5.82 Å². The van der Waals surface area contributed by atoms with Gasteiger partial charge in [0.05, 0.1) is 6.61 Å². The van der Waals surface area contributed by atoms with Gasteiger partial charge in [0.1, 0.15) is 5.82 Å². The largest absolute Gasteiger partial charge is 0.394 e. The van der Waals surface area contributed by atoms with E-state index in [-0.39, 0.29) is 12.1 Å². The third kappa shape index (κ3) is 4.75. The maximum absolute atomic E-state index is 9.67. The van der Waals surface area contributed by atoms with Gasteiger partial charge in [-0.15, -0.1) is 10.2 Å². The van der Waals surface area contributed by atoms with Crippen LogP contribution in [0.2, 0.25) is 0 Å². The van der Waals surface area contributed by atoms with Gasteiger partial charge in [0, 0.05) is 18.3 Å². The minimum atomic E-state index is -0.119. The predicted octanol–water partition coefficient (Wildman–Crippen LogP) is 2.14. The lowest BCUT2D eigenvalue weighted by atomic mass is 9.91. The monoisotopic (exact) mass is 300 g/mol. The van der Waals surface area contributed by atoms with Gasteiger partial charge >= 0.3 is 0 Å². The third-order valence-corrected chi connectivity index (χ3v) is 4.92. The fourth-order valence-electron chi connectivity index (χ4n) is 2.11. The van der Waals surface area contributed by atoms with E-state index >= 15 is 0 Å². The summed E-state index contributed by atoms with van der Waals surface area (Å²) in [4.78, 5) is 0. The lowest BCUT2D eigenvalue weighted by Crippen LogP contribution is -2.48. The first-order chi connectivity index (χ1) is 9.58. The fourth-order valence-corrected chi connectivity index (χ4v) is 3.01. The van der Waals surface area contributed by atoms with Gasteiger partial charge in [0.15, 0.2) is 5.16 Å². The molecule has 0 amide bonds. The highest BCUT2D eigenvalue weighted by molar-refractivity contribution is 7.99. The number of rotatable bonds is 10. The Bertz CT molecular complexity index is 391. The third-order valence-electron chi connectivity index (χ3n) is 3.81. The molecule has 5 nitrogen and oxygen atoms in total. The van der Waals surface area contributed by atoms with Crippen molar-refractivity contribution < 1.29 is 5.11 Å². The van der Waals surface area contributed by atoms with E-state index in [1.165, 1.54) is 0 Å². The van der Waals surface area contributed by atoms with E-state index in [9.17, 15) is 5.11 Å². The number of aryl methyl sites for hydroxylation is 1. The van der Waals surface area contributed by atoms with Gasteiger partial charge in [0.2, 0.25) is 0 Å². The van der Waals surface area contributed by atoms with Gasteiger partial charge in [-0.2, -0.15) is 0 Å². The maximum atomic E-state index is 9.67. The molecule has 0 aliphatic rings. The van der Waals surface area contributed by atoms with Crippen molar-refractivity contribution in [2.75, 3.05) is 18.9 Å². The van der Waals surface area contributed by atoms with E-state index in [2.05, 4.69) is 29.4 Å². The Morgan fingerprint density at radius 3 is 2.60 bits per heavy atom. The number of aliphatic hydroxyl groups excluding tert-OH is 1. The summed E-state index contributed by atoms with van der Waals surface area (Å²) in [5.41, 5.74) is -0.119. The number of thioether (sulfide) groups is 1. The molecule has 2 N–H and O–H groups in total. The summed E-state index contributed by atoms with van der Waals surface area (Å²) in [6.07, 6.45) is 4.09. The van der Waals surface area contributed by atoms with Crippen LogP contribution in [0.3, 0.4) is 0 Å². The molecular weight excluding hydrogens is 272 g/mol. The second kappa shape index (κ2) is 8.64. The number of nitrogens with zero attached hydrogens (tertiary/aromatic N) is 3. The average molecular weight is 300 g/mol. The van der Waals surface area contributed by atoms with Crippen LogP contribution in [-0.2, 0) is 7.05 Å². The Morgan fingerprint density at radius 2 is 2.10 bits per heavy atom. The molecule has 1 aromatic heterocycles. The van der Waals surface area contributed by atoms with Crippen molar-refractivity contribution in [1.29, 1.82) is 0 Å². The minimum absolute atomic E-state index is 0.119. The van der Waals surface area contributed by atoms with Crippen LogP contribution in [0.5, 0.6) is 0 Å². The highest BCUT2D eigenvalue weighted by Gasteiger charge is 2.25. The normalized spacial score (nSPS) is 14.4. The van der Waals surface area contributed by atoms with E-state index in [0.717, 1.165) is 49.0 Å². The van der Waals surface area contributed by atoms with Crippen LogP contribution < -0.4 is 5.32 Å². The van der Waals surface area contributed by atoms with Crippen molar-refractivity contribution >= 4 is 11.8 Å². The molecule has 0 radical (unpaired) electrons. The van der Waals surface area contributed by atoms with Gasteiger partial charge in [-0.3, -0.25) is 0 Å². The molecule has 0 saturated heterocycles. The van der Waals surface area contributed by atoms with E-state index in [1.54, 1.807) is 11.8 Å². The van der Waals surface area contributed by atoms with Crippen molar-refractivity contribution in [3.63, 3.8) is 0 Å². The molecule has 0 saturated carbocycles. The Labute approximate surface area is 126 Å². The maximum Gasteiger partial charge on any atom is 0.190 e. The first kappa shape index (κ1) is 17.5. The van der Waals surface area contributed by atoms with E-state index in [4.69, 9.17) is 0 Å². The molecule has 0 fully saturated rings. The molecule has 1 aromatic rings. The zero-order valence-corrected chi connectivity index (χ0v) is 14.0. The quantitative estimate of drug-likeness (QED) is 0.512. The van der Waals surface area contributed by atoms with E-state index in [1.807, 2.05) is 18.5 Å². The van der Waals surface area contributed by atoms with Gasteiger partial charge in [-0.1, -0.05) is 25.6 Å². The zero-order valence-electron chi connectivity index (χ0n) is 13.1. The summed E-state index contributed by atoms with van der Waals surface area (Å²) < 4.78 is 2.01. The topological polar surface area (TPSA) is 63.0 Å². The average Bonchev–Trinajstić information content (AvgIpc) is 2.79. The molecule has 20 heavy (non-hydrogen) atoms. The Balaban J connectivity index is 2.39. The molecule has 0 bridgehead atoms. The summed E-state index contributed by atoms with van der Waals surface area (Å²) in [5, 5.41) is 22.3. The summed E-state index contributed by atoms with van der Waals surface area (Å²) >= 11 is 1.73. The van der Waals surface area contributed by atoms with Gasteiger partial charge in [-0.05, 0) is 39.2 Å². The molecule has 0 aliphatic heterocycles. The first-order valence-electron chi connectivity index (χ1n) is 7.43. The van der Waals surface area contributed by atoms with Crippen LogP contribution >= 0.6 is 11.8 Å². The second-order valence-corrected chi connectivity index (χ2v) is 6.32. The molecule has 1 rings (SSSR count). The van der Waals surface area contributed by atoms with Crippen molar-refractivity contribution in [3.8, 4) is 0 Å². The Hall–Kier alpha value is -0.590. The molecule has 0 spiro atoms. The molecule has 1 unspecified atom stereocenters. The van der Waals surface area contributed by atoms with Crippen molar-refractivity contribution in [1.82, 2.24) is 20.1 Å². The number of aromatic nitrogens is 3. The first-order valence-corrected chi connectivity index (χ1v) is 8.41. The molecular formula is C14H28N4OS. The molecule has 0 aromatic carbocycles. The second-order valence-electron chi connectivity index (χ2n) is 5.26. The SMILES string of the molecule is CCCNC(CC)(CO)CCCSc1nnc(C)n1C. The van der Waals surface area contributed by atoms with Crippen LogP contribution in [0.25, 0.3) is 0 Å². The van der Waals surface area contributed by atoms with Crippen LogP contribution in [0.15, 0.2) is 5.16 Å². The van der Waals surface area contributed by atoms with Gasteiger partial charge in [0.25, 0.3) is 0 Å². The zero-order chi connectivity index (χ0) is 15.0. The fraction of sp³-hybridized carbons (Fsp3) is 0.857. The van der Waals surface area contributed by atoms with E-state index in [0.29, 0.717) is 0 Å². The standard InChI is InChI=1S/C14H28N4OS/c1-5-9-15-14(6-2,11-19)8-7-10-20-13-17-16-12(3)18(13)4/h15,19H,5-11H2,1-4H3. The lowest BCUT2D eigenvalue weighted by molar-refractivity contribution is 0.146. The van der Waals surface area contributed by atoms with Gasteiger partial charge < -0.3 is 15.0 Å².